The summed E-state index contributed by atoms with van der Waals surface area (Å²) in [5, 5.41) is 17.6. The highest BCUT2D eigenvalue weighted by Crippen LogP contribution is 2.27. The van der Waals surface area contributed by atoms with Gasteiger partial charge in [-0.3, -0.25) is 4.79 Å². The molecule has 0 aliphatic heterocycles. The molecule has 2 aromatic carbocycles. The molecule has 33 heavy (non-hydrogen) atoms. The zero-order chi connectivity index (χ0) is 23.7. The van der Waals surface area contributed by atoms with Gasteiger partial charge in [0.15, 0.2) is 11.6 Å². The fraction of sp³-hybridized carbons (Fsp3) is 0.160. The van der Waals surface area contributed by atoms with Gasteiger partial charge in [0.2, 0.25) is 0 Å². The number of nitrogens with one attached hydrogen (secondary N) is 1. The van der Waals surface area contributed by atoms with Crippen molar-refractivity contribution in [1.82, 2.24) is 14.8 Å². The number of amides is 1. The van der Waals surface area contributed by atoms with Crippen molar-refractivity contribution >= 4 is 28.6 Å². The maximum absolute atomic E-state index is 13.1. The summed E-state index contributed by atoms with van der Waals surface area (Å²) in [5.41, 5.74) is 4.37. The zero-order valence-corrected chi connectivity index (χ0v) is 18.6. The van der Waals surface area contributed by atoms with Crippen LogP contribution in [0.5, 0.6) is 0 Å². The van der Waals surface area contributed by atoms with E-state index in [9.17, 15) is 14.9 Å². The van der Waals surface area contributed by atoms with E-state index < -0.39 is 11.9 Å². The van der Waals surface area contributed by atoms with E-state index in [4.69, 9.17) is 9.72 Å². The third-order valence-corrected chi connectivity index (χ3v) is 5.36. The van der Waals surface area contributed by atoms with Crippen LogP contribution in [-0.2, 0) is 4.74 Å². The Balaban J connectivity index is 1.81. The standard InChI is InChI=1S/C25H21N5O3/c1-14-9-16(3)22-20(10-14)15(2)11-21(28-22)30-23(17(12-26)13-27-30)29-24(31)18-7-5-6-8-19(18)25(32)33-4/h5-11,13H,1-4H3,(H,29,31). The molecule has 0 aliphatic carbocycles. The summed E-state index contributed by atoms with van der Waals surface area (Å²) in [5.74, 6) is -0.575. The maximum Gasteiger partial charge on any atom is 0.338 e. The van der Waals surface area contributed by atoms with Crippen LogP contribution in [0.25, 0.3) is 16.7 Å². The van der Waals surface area contributed by atoms with Gasteiger partial charge in [0.05, 0.1) is 30.0 Å². The van der Waals surface area contributed by atoms with Crippen LogP contribution >= 0.6 is 0 Å². The third-order valence-electron chi connectivity index (χ3n) is 5.36. The van der Waals surface area contributed by atoms with Crippen LogP contribution in [0.2, 0.25) is 0 Å². The molecular formula is C25H21N5O3. The number of methoxy groups -OCH3 is 1. The first-order valence-electron chi connectivity index (χ1n) is 10.2. The number of hydrogen-bond acceptors (Lipinski definition) is 6. The van der Waals surface area contributed by atoms with Crippen molar-refractivity contribution < 1.29 is 14.3 Å². The fourth-order valence-electron chi connectivity index (χ4n) is 3.80. The van der Waals surface area contributed by atoms with Crippen LogP contribution in [0, 0.1) is 32.1 Å². The predicted octanol–water partition coefficient (Wildman–Crippen LogP) is 4.26. The number of ether oxygens (including phenoxy) is 1. The molecule has 164 valence electrons. The van der Waals surface area contributed by atoms with E-state index in [0.29, 0.717) is 5.82 Å². The van der Waals surface area contributed by atoms with Gasteiger partial charge in [0, 0.05) is 5.39 Å². The first-order valence-corrected chi connectivity index (χ1v) is 10.2. The van der Waals surface area contributed by atoms with Crippen LogP contribution in [-0.4, -0.2) is 33.8 Å². The number of carbonyl (C=O) groups is 2. The number of hydrogen-bond donors (Lipinski definition) is 1. The van der Waals surface area contributed by atoms with Crippen molar-refractivity contribution in [3.8, 4) is 11.9 Å². The van der Waals surface area contributed by atoms with E-state index in [0.717, 1.165) is 27.6 Å². The van der Waals surface area contributed by atoms with Crippen LogP contribution in [0.1, 0.15) is 43.0 Å². The molecule has 0 fully saturated rings. The summed E-state index contributed by atoms with van der Waals surface area (Å²) < 4.78 is 6.19. The molecule has 0 radical (unpaired) electrons. The van der Waals surface area contributed by atoms with Crippen molar-refractivity contribution in [2.75, 3.05) is 12.4 Å². The molecule has 8 nitrogen and oxygen atoms in total. The number of nitriles is 1. The number of aromatic nitrogens is 3. The largest absolute Gasteiger partial charge is 0.465 e. The molecule has 0 aliphatic rings. The molecule has 0 saturated carbocycles. The molecule has 2 aromatic heterocycles. The second-order valence-electron chi connectivity index (χ2n) is 7.70. The highest BCUT2D eigenvalue weighted by atomic mass is 16.5. The van der Waals surface area contributed by atoms with Gasteiger partial charge in [0.1, 0.15) is 11.6 Å². The number of carbonyl (C=O) groups excluding carboxylic acids is 2. The molecule has 0 saturated heterocycles. The van der Waals surface area contributed by atoms with Crippen molar-refractivity contribution in [3.63, 3.8) is 0 Å². The lowest BCUT2D eigenvalue weighted by Gasteiger charge is -2.13. The van der Waals surface area contributed by atoms with Crippen molar-refractivity contribution in [3.05, 3.63) is 82.0 Å². The predicted molar refractivity (Wildman–Crippen MR) is 124 cm³/mol. The number of esters is 1. The Morgan fingerprint density at radius 1 is 1.06 bits per heavy atom. The minimum atomic E-state index is -0.632. The van der Waals surface area contributed by atoms with E-state index in [-0.39, 0.29) is 22.5 Å². The first kappa shape index (κ1) is 21.7. The minimum Gasteiger partial charge on any atom is -0.465 e. The number of nitrogens with zero attached hydrogens (tertiary/aromatic N) is 4. The van der Waals surface area contributed by atoms with Gasteiger partial charge in [-0.25, -0.2) is 9.78 Å². The molecule has 0 spiro atoms. The second-order valence-corrected chi connectivity index (χ2v) is 7.70. The molecule has 0 atom stereocenters. The SMILES string of the molecule is COC(=O)c1ccccc1C(=O)Nc1c(C#N)cnn1-c1cc(C)c2cc(C)cc(C)c2n1. The Labute approximate surface area is 190 Å². The smallest absolute Gasteiger partial charge is 0.338 e. The Kier molecular flexibility index (Phi) is 5.63. The van der Waals surface area contributed by atoms with Crippen LogP contribution in [0.15, 0.2) is 48.7 Å². The van der Waals surface area contributed by atoms with Gasteiger partial charge in [-0.2, -0.15) is 15.0 Å². The fourth-order valence-corrected chi connectivity index (χ4v) is 3.80. The second kappa shape index (κ2) is 8.55. The summed E-state index contributed by atoms with van der Waals surface area (Å²) in [6, 6.07) is 14.3. The lowest BCUT2D eigenvalue weighted by atomic mass is 10.0. The number of pyridine rings is 1. The summed E-state index contributed by atoms with van der Waals surface area (Å²) >= 11 is 0. The summed E-state index contributed by atoms with van der Waals surface area (Å²) in [6.45, 7) is 6.00. The number of benzene rings is 2. The normalized spacial score (nSPS) is 10.6. The van der Waals surface area contributed by atoms with E-state index in [1.54, 1.807) is 12.1 Å². The molecule has 4 aromatic rings. The average molecular weight is 439 g/mol. The van der Waals surface area contributed by atoms with Gasteiger partial charge < -0.3 is 10.1 Å². The van der Waals surface area contributed by atoms with Gasteiger partial charge in [-0.15, -0.1) is 0 Å². The first-order chi connectivity index (χ1) is 15.8. The summed E-state index contributed by atoms with van der Waals surface area (Å²) in [6.07, 6.45) is 1.37. The van der Waals surface area contributed by atoms with Crippen molar-refractivity contribution in [1.29, 1.82) is 5.26 Å². The average Bonchev–Trinajstić information content (AvgIpc) is 3.21. The highest BCUT2D eigenvalue weighted by molar-refractivity contribution is 6.11. The molecule has 0 bridgehead atoms. The van der Waals surface area contributed by atoms with Crippen LogP contribution < -0.4 is 5.32 Å². The minimum absolute atomic E-state index is 0.118. The Morgan fingerprint density at radius 2 is 1.79 bits per heavy atom. The Morgan fingerprint density at radius 3 is 2.48 bits per heavy atom. The van der Waals surface area contributed by atoms with Gasteiger partial charge in [0.25, 0.3) is 5.91 Å². The number of fused-ring (bicyclic) bond motifs is 1. The van der Waals surface area contributed by atoms with Crippen molar-refractivity contribution in [2.45, 2.75) is 20.8 Å². The monoisotopic (exact) mass is 439 g/mol. The van der Waals surface area contributed by atoms with Gasteiger partial charge in [-0.1, -0.05) is 23.8 Å². The molecule has 0 unspecified atom stereocenters. The molecule has 2 heterocycles. The van der Waals surface area contributed by atoms with E-state index in [1.807, 2.05) is 32.9 Å². The van der Waals surface area contributed by atoms with Crippen molar-refractivity contribution in [2.24, 2.45) is 0 Å². The number of anilines is 1. The van der Waals surface area contributed by atoms with Gasteiger partial charge >= 0.3 is 5.97 Å². The van der Waals surface area contributed by atoms with Gasteiger partial charge in [-0.05, 0) is 56.2 Å². The number of rotatable bonds is 4. The lowest BCUT2D eigenvalue weighted by molar-refractivity contribution is 0.0597. The van der Waals surface area contributed by atoms with E-state index >= 15 is 0 Å². The molecule has 1 N–H and O–H groups in total. The Hall–Kier alpha value is -4.51. The molecule has 8 heteroatoms. The zero-order valence-electron chi connectivity index (χ0n) is 18.6. The molecular weight excluding hydrogens is 418 g/mol. The third kappa shape index (κ3) is 3.92. The van der Waals surface area contributed by atoms with E-state index in [2.05, 4.69) is 22.5 Å². The van der Waals surface area contributed by atoms with Crippen LogP contribution in [0.3, 0.4) is 0 Å². The topological polar surface area (TPSA) is 110 Å². The Bertz CT molecular complexity index is 1460. The lowest BCUT2D eigenvalue weighted by Crippen LogP contribution is -2.20. The quantitative estimate of drug-likeness (QED) is 0.476. The molecule has 4 rings (SSSR count). The highest BCUT2D eigenvalue weighted by Gasteiger charge is 2.21. The molecule has 1 amide bonds. The number of aryl methyl sites for hydroxylation is 3. The maximum atomic E-state index is 13.1. The van der Waals surface area contributed by atoms with E-state index in [1.165, 1.54) is 30.1 Å². The summed E-state index contributed by atoms with van der Waals surface area (Å²) in [7, 11) is 1.25. The summed E-state index contributed by atoms with van der Waals surface area (Å²) in [4.78, 5) is 29.9. The van der Waals surface area contributed by atoms with Crippen LogP contribution in [0.4, 0.5) is 5.82 Å².